The molecule has 144 valence electrons. The summed E-state index contributed by atoms with van der Waals surface area (Å²) in [4.78, 5) is 6.94. The lowest BCUT2D eigenvalue weighted by Crippen LogP contribution is -2.38. The molecule has 0 aliphatic carbocycles. The summed E-state index contributed by atoms with van der Waals surface area (Å²) in [5, 5.41) is 16.0. The average Bonchev–Trinajstić information content (AvgIpc) is 3.27. The number of nitrogens with zero attached hydrogens (tertiary/aromatic N) is 5. The molecule has 1 aromatic carbocycles. The van der Waals surface area contributed by atoms with Crippen LogP contribution < -0.4 is 5.32 Å². The number of hydrogen-bond acceptors (Lipinski definition) is 4. The molecule has 0 atom stereocenters. The third-order valence-electron chi connectivity index (χ3n) is 4.20. The van der Waals surface area contributed by atoms with Crippen LogP contribution in [-0.2, 0) is 26.7 Å². The summed E-state index contributed by atoms with van der Waals surface area (Å²) in [5.41, 5.74) is 2.46. The summed E-state index contributed by atoms with van der Waals surface area (Å²) >= 11 is 1.71. The predicted octanol–water partition coefficient (Wildman–Crippen LogP) is 3.58. The van der Waals surface area contributed by atoms with Crippen molar-refractivity contribution < 1.29 is 0 Å². The van der Waals surface area contributed by atoms with Crippen LogP contribution in [0.25, 0.3) is 0 Å². The number of benzene rings is 1. The van der Waals surface area contributed by atoms with Gasteiger partial charge in [0.25, 0.3) is 0 Å². The van der Waals surface area contributed by atoms with E-state index in [2.05, 4.69) is 56.4 Å². The Hall–Kier alpha value is -1.94. The first-order valence-corrected chi connectivity index (χ1v) is 9.47. The second kappa shape index (κ2) is 10.4. The van der Waals surface area contributed by atoms with Crippen molar-refractivity contribution in [1.82, 2.24) is 25.0 Å². The van der Waals surface area contributed by atoms with Gasteiger partial charge in [0.1, 0.15) is 5.82 Å². The van der Waals surface area contributed by atoms with Crippen molar-refractivity contribution in [3.63, 3.8) is 0 Å². The summed E-state index contributed by atoms with van der Waals surface area (Å²) in [6.07, 6.45) is 0. The Bertz CT molecular complexity index is 844. The van der Waals surface area contributed by atoms with Crippen LogP contribution in [-0.4, -0.2) is 32.7 Å². The molecule has 3 aromatic rings. The zero-order valence-corrected chi connectivity index (χ0v) is 18.9. The van der Waals surface area contributed by atoms with Gasteiger partial charge in [-0.25, -0.2) is 4.99 Å². The molecule has 0 spiro atoms. The lowest BCUT2D eigenvalue weighted by molar-refractivity contribution is 0.473. The van der Waals surface area contributed by atoms with E-state index in [1.807, 2.05) is 36.7 Å². The predicted molar refractivity (Wildman–Crippen MR) is 121 cm³/mol. The Balaban J connectivity index is 0.00000261. The maximum Gasteiger partial charge on any atom is 0.194 e. The number of hydrogen-bond donors (Lipinski definition) is 1. The molecular weight excluding hydrogens is 471 g/mol. The number of rotatable bonds is 6. The Morgan fingerprint density at radius 3 is 2.59 bits per heavy atom. The summed E-state index contributed by atoms with van der Waals surface area (Å²) < 4.78 is 1.99. The van der Waals surface area contributed by atoms with Gasteiger partial charge in [0.2, 0.25) is 0 Å². The maximum atomic E-state index is 4.80. The normalized spacial score (nSPS) is 11.1. The quantitative estimate of drug-likeness (QED) is 0.322. The second-order valence-corrected chi connectivity index (χ2v) is 6.97. The third-order valence-corrected chi connectivity index (χ3v) is 4.94. The van der Waals surface area contributed by atoms with Crippen LogP contribution in [0.4, 0.5) is 0 Å². The van der Waals surface area contributed by atoms with Gasteiger partial charge in [-0.2, -0.15) is 11.3 Å². The van der Waals surface area contributed by atoms with Gasteiger partial charge in [0.05, 0.1) is 13.1 Å². The van der Waals surface area contributed by atoms with Gasteiger partial charge >= 0.3 is 0 Å². The van der Waals surface area contributed by atoms with Gasteiger partial charge in [-0.05, 0) is 34.9 Å². The highest BCUT2D eigenvalue weighted by atomic mass is 127. The fourth-order valence-electron chi connectivity index (χ4n) is 2.56. The van der Waals surface area contributed by atoms with E-state index in [-0.39, 0.29) is 24.0 Å². The van der Waals surface area contributed by atoms with Crippen molar-refractivity contribution in [1.29, 1.82) is 0 Å². The van der Waals surface area contributed by atoms with Gasteiger partial charge in [-0.3, -0.25) is 0 Å². The topological polar surface area (TPSA) is 58.3 Å². The van der Waals surface area contributed by atoms with Crippen LogP contribution >= 0.6 is 35.3 Å². The number of nitrogens with one attached hydrogen (secondary N) is 1. The molecule has 2 aromatic heterocycles. The van der Waals surface area contributed by atoms with Crippen molar-refractivity contribution in [3.8, 4) is 0 Å². The van der Waals surface area contributed by atoms with Gasteiger partial charge in [0, 0.05) is 20.6 Å². The van der Waals surface area contributed by atoms with Gasteiger partial charge in [-0.1, -0.05) is 30.3 Å². The minimum Gasteiger partial charge on any atom is -0.349 e. The fraction of sp³-hybridized carbons (Fsp3) is 0.316. The molecule has 0 amide bonds. The number of thiophene rings is 1. The van der Waals surface area contributed by atoms with Crippen molar-refractivity contribution in [2.24, 2.45) is 12.0 Å². The van der Waals surface area contributed by atoms with Crippen LogP contribution in [0, 0.1) is 6.92 Å². The minimum absolute atomic E-state index is 0. The monoisotopic (exact) mass is 496 g/mol. The highest BCUT2D eigenvalue weighted by Crippen LogP contribution is 2.09. The first-order valence-electron chi connectivity index (χ1n) is 8.53. The summed E-state index contributed by atoms with van der Waals surface area (Å²) in [7, 11) is 4.03. The molecular formula is C19H25IN6S. The van der Waals surface area contributed by atoms with Gasteiger partial charge in [-0.15, -0.1) is 34.2 Å². The van der Waals surface area contributed by atoms with Crippen molar-refractivity contribution in [3.05, 3.63) is 69.9 Å². The molecule has 0 fully saturated rings. The Labute approximate surface area is 181 Å². The van der Waals surface area contributed by atoms with Crippen molar-refractivity contribution in [2.75, 3.05) is 7.05 Å². The van der Waals surface area contributed by atoms with E-state index in [9.17, 15) is 0 Å². The molecule has 0 aliphatic heterocycles. The molecule has 0 unspecified atom stereocenters. The smallest absolute Gasteiger partial charge is 0.194 e. The molecule has 2 heterocycles. The van der Waals surface area contributed by atoms with Gasteiger partial charge in [0.15, 0.2) is 11.8 Å². The minimum atomic E-state index is 0. The van der Waals surface area contributed by atoms with Crippen molar-refractivity contribution >= 4 is 41.3 Å². The highest BCUT2D eigenvalue weighted by Gasteiger charge is 2.10. The van der Waals surface area contributed by atoms with E-state index in [0.717, 1.165) is 24.2 Å². The van der Waals surface area contributed by atoms with E-state index in [1.165, 1.54) is 11.1 Å². The molecule has 8 heteroatoms. The van der Waals surface area contributed by atoms with Gasteiger partial charge < -0.3 is 14.8 Å². The van der Waals surface area contributed by atoms with Crippen LogP contribution in [0.2, 0.25) is 0 Å². The zero-order valence-electron chi connectivity index (χ0n) is 15.8. The molecule has 3 rings (SSSR count). The number of aliphatic imine (C=N–C) groups is 1. The van der Waals surface area contributed by atoms with E-state index < -0.39 is 0 Å². The lowest BCUT2D eigenvalue weighted by Gasteiger charge is -2.22. The summed E-state index contributed by atoms with van der Waals surface area (Å²) in [5.74, 6) is 2.63. The fourth-order valence-corrected chi connectivity index (χ4v) is 3.22. The molecule has 27 heavy (non-hydrogen) atoms. The first kappa shape index (κ1) is 21.4. The molecule has 1 N–H and O–H groups in total. The number of aromatic nitrogens is 3. The second-order valence-electron chi connectivity index (χ2n) is 6.19. The standard InChI is InChI=1S/C19H24N6S.HI/c1-15-22-23-18(25(15)3)12-21-19(20-11-16-7-5-4-6-8-16)24(2)13-17-9-10-26-14-17;/h4-10,14H,11-13H2,1-3H3,(H,20,21);1H. The van der Waals surface area contributed by atoms with Crippen molar-refractivity contribution in [2.45, 2.75) is 26.6 Å². The van der Waals surface area contributed by atoms with Crippen LogP contribution in [0.3, 0.4) is 0 Å². The zero-order chi connectivity index (χ0) is 18.4. The van der Waals surface area contributed by atoms with Crippen LogP contribution in [0.15, 0.2) is 52.2 Å². The number of aryl methyl sites for hydroxylation is 1. The van der Waals surface area contributed by atoms with E-state index in [0.29, 0.717) is 13.1 Å². The Morgan fingerprint density at radius 1 is 1.19 bits per heavy atom. The number of halogens is 1. The summed E-state index contributed by atoms with van der Waals surface area (Å²) in [6.45, 7) is 3.97. The maximum absolute atomic E-state index is 4.80. The largest absolute Gasteiger partial charge is 0.349 e. The first-order chi connectivity index (χ1) is 12.6. The molecule has 0 bridgehead atoms. The third kappa shape index (κ3) is 6.03. The molecule has 0 radical (unpaired) electrons. The molecule has 0 saturated carbocycles. The SMILES string of the molecule is Cc1nnc(CNC(=NCc2ccccc2)N(C)Cc2ccsc2)n1C.I. The van der Waals surface area contributed by atoms with E-state index in [4.69, 9.17) is 4.99 Å². The molecule has 6 nitrogen and oxygen atoms in total. The van der Waals surface area contributed by atoms with E-state index >= 15 is 0 Å². The Morgan fingerprint density at radius 2 is 1.96 bits per heavy atom. The average molecular weight is 496 g/mol. The summed E-state index contributed by atoms with van der Waals surface area (Å²) in [6, 6.07) is 12.4. The number of guanidine groups is 1. The van der Waals surface area contributed by atoms with E-state index in [1.54, 1.807) is 11.3 Å². The Kier molecular flexibility index (Phi) is 8.23. The van der Waals surface area contributed by atoms with Crippen LogP contribution in [0.5, 0.6) is 0 Å². The van der Waals surface area contributed by atoms with Crippen LogP contribution in [0.1, 0.15) is 22.8 Å². The highest BCUT2D eigenvalue weighted by molar-refractivity contribution is 14.0. The molecule has 0 aliphatic rings. The lowest BCUT2D eigenvalue weighted by atomic mass is 10.2. The molecule has 0 saturated heterocycles.